The largest absolute Gasteiger partial charge is 0.496 e. The fourth-order valence-corrected chi connectivity index (χ4v) is 1.89. The first-order chi connectivity index (χ1) is 8.64. The van der Waals surface area contributed by atoms with Crippen molar-refractivity contribution in [2.24, 2.45) is 5.84 Å². The molecule has 0 saturated carbocycles. The van der Waals surface area contributed by atoms with Crippen LogP contribution in [0.5, 0.6) is 0 Å². The predicted molar refractivity (Wildman–Crippen MR) is 77.0 cm³/mol. The SMILES string of the molecule is CN(N)c1ncc(B2OC(C)(C)C(C)(C)O2)cc1N. The molecular weight excluding hydrogens is 243 g/mol. The number of anilines is 2. The minimum absolute atomic E-state index is 0.379. The molecular formula is C12H21BN4O2. The molecule has 104 valence electrons. The summed E-state index contributed by atoms with van der Waals surface area (Å²) in [5.74, 6) is 6.16. The normalized spacial score (nSPS) is 20.6. The number of rotatable bonds is 2. The van der Waals surface area contributed by atoms with E-state index in [2.05, 4.69) is 4.98 Å². The van der Waals surface area contributed by atoms with E-state index in [0.29, 0.717) is 11.5 Å². The van der Waals surface area contributed by atoms with E-state index in [4.69, 9.17) is 20.9 Å². The number of hydrogen-bond donors (Lipinski definition) is 2. The van der Waals surface area contributed by atoms with Crippen LogP contribution in [0.15, 0.2) is 12.3 Å². The lowest BCUT2D eigenvalue weighted by Crippen LogP contribution is -2.41. The van der Waals surface area contributed by atoms with Crippen LogP contribution in [-0.2, 0) is 9.31 Å². The molecule has 0 aromatic carbocycles. The lowest BCUT2D eigenvalue weighted by Gasteiger charge is -2.32. The minimum Gasteiger partial charge on any atom is -0.399 e. The van der Waals surface area contributed by atoms with E-state index in [1.54, 1.807) is 19.3 Å². The van der Waals surface area contributed by atoms with Gasteiger partial charge in [-0.2, -0.15) is 0 Å². The molecule has 1 saturated heterocycles. The van der Waals surface area contributed by atoms with Gasteiger partial charge in [-0.25, -0.2) is 10.8 Å². The molecule has 2 heterocycles. The minimum atomic E-state index is -0.461. The zero-order valence-corrected chi connectivity index (χ0v) is 12.1. The maximum atomic E-state index is 5.94. The van der Waals surface area contributed by atoms with Gasteiger partial charge in [-0.05, 0) is 33.8 Å². The third-order valence-electron chi connectivity index (χ3n) is 3.78. The summed E-state index contributed by atoms with van der Waals surface area (Å²) in [6.45, 7) is 8.02. The van der Waals surface area contributed by atoms with Crippen molar-refractivity contribution in [1.29, 1.82) is 0 Å². The molecule has 6 nitrogen and oxygen atoms in total. The summed E-state index contributed by atoms with van der Waals surface area (Å²) in [5.41, 5.74) is 6.46. The number of nitrogens with two attached hydrogens (primary N) is 2. The molecule has 1 aliphatic rings. The summed E-state index contributed by atoms with van der Waals surface area (Å²) in [6, 6.07) is 1.79. The topological polar surface area (TPSA) is 86.6 Å². The van der Waals surface area contributed by atoms with E-state index in [9.17, 15) is 0 Å². The number of nitrogens with zero attached hydrogens (tertiary/aromatic N) is 2. The van der Waals surface area contributed by atoms with Gasteiger partial charge in [0.1, 0.15) is 0 Å². The molecule has 19 heavy (non-hydrogen) atoms. The highest BCUT2D eigenvalue weighted by molar-refractivity contribution is 6.62. The second-order valence-electron chi connectivity index (χ2n) is 5.88. The van der Waals surface area contributed by atoms with Gasteiger partial charge in [0.05, 0.1) is 16.9 Å². The Bertz CT molecular complexity index is 475. The standard InChI is InChI=1S/C12H21BN4O2/c1-11(2)12(3,4)19-13(18-11)8-6-9(14)10(16-7-8)17(5)15/h6-7H,14-15H2,1-5H3. The molecule has 0 radical (unpaired) electrons. The highest BCUT2D eigenvalue weighted by Crippen LogP contribution is 2.36. The molecule has 0 atom stereocenters. The highest BCUT2D eigenvalue weighted by atomic mass is 16.7. The summed E-state index contributed by atoms with van der Waals surface area (Å²) in [5, 5.41) is 1.38. The molecule has 0 bridgehead atoms. The molecule has 4 N–H and O–H groups in total. The highest BCUT2D eigenvalue weighted by Gasteiger charge is 2.51. The molecule has 0 aliphatic carbocycles. The number of hydrazine groups is 1. The van der Waals surface area contributed by atoms with Crippen LogP contribution in [0.25, 0.3) is 0 Å². The molecule has 0 amide bonds. The number of aromatic nitrogens is 1. The van der Waals surface area contributed by atoms with Crippen LogP contribution in [-0.4, -0.2) is 30.4 Å². The van der Waals surface area contributed by atoms with E-state index in [1.807, 2.05) is 27.7 Å². The van der Waals surface area contributed by atoms with Crippen LogP contribution in [0.3, 0.4) is 0 Å². The average molecular weight is 264 g/mol. The van der Waals surface area contributed by atoms with Gasteiger partial charge in [0.15, 0.2) is 5.82 Å². The zero-order chi connectivity index (χ0) is 14.4. The number of hydrogen-bond acceptors (Lipinski definition) is 6. The van der Waals surface area contributed by atoms with Crippen molar-refractivity contribution in [3.05, 3.63) is 12.3 Å². The van der Waals surface area contributed by atoms with Crippen LogP contribution in [0.2, 0.25) is 0 Å². The summed E-state index contributed by atoms with van der Waals surface area (Å²) in [7, 11) is 1.23. The van der Waals surface area contributed by atoms with E-state index < -0.39 is 7.12 Å². The van der Waals surface area contributed by atoms with Gasteiger partial charge in [-0.15, -0.1) is 0 Å². The predicted octanol–water partition coefficient (Wildman–Crippen LogP) is 0.273. The molecule has 1 aromatic heterocycles. The second-order valence-corrected chi connectivity index (χ2v) is 5.88. The van der Waals surface area contributed by atoms with Gasteiger partial charge >= 0.3 is 7.12 Å². The lowest BCUT2D eigenvalue weighted by atomic mass is 9.80. The maximum absolute atomic E-state index is 5.94. The Morgan fingerprint density at radius 1 is 1.21 bits per heavy atom. The van der Waals surface area contributed by atoms with Gasteiger partial charge in [0.25, 0.3) is 0 Å². The first kappa shape index (κ1) is 14.1. The van der Waals surface area contributed by atoms with Crippen molar-refractivity contribution in [2.45, 2.75) is 38.9 Å². The zero-order valence-electron chi connectivity index (χ0n) is 12.1. The summed E-state index contributed by atoms with van der Waals surface area (Å²) in [4.78, 5) is 4.23. The number of nitrogen functional groups attached to an aromatic ring is 1. The van der Waals surface area contributed by atoms with Gasteiger partial charge in [0, 0.05) is 18.7 Å². The third-order valence-corrected chi connectivity index (χ3v) is 3.78. The van der Waals surface area contributed by atoms with Crippen LogP contribution in [0, 0.1) is 0 Å². The summed E-state index contributed by atoms with van der Waals surface area (Å²) in [6.07, 6.45) is 1.68. The van der Waals surface area contributed by atoms with Crippen molar-refractivity contribution in [3.8, 4) is 0 Å². The first-order valence-electron chi connectivity index (χ1n) is 6.23. The van der Waals surface area contributed by atoms with E-state index in [0.717, 1.165) is 5.46 Å². The summed E-state index contributed by atoms with van der Waals surface area (Å²) >= 11 is 0. The quantitative estimate of drug-likeness (QED) is 0.453. The lowest BCUT2D eigenvalue weighted by molar-refractivity contribution is 0.00578. The van der Waals surface area contributed by atoms with Gasteiger partial charge in [-0.3, -0.25) is 5.01 Å². The Balaban J connectivity index is 2.28. The molecule has 1 aliphatic heterocycles. The van der Waals surface area contributed by atoms with Crippen LogP contribution in [0.4, 0.5) is 11.5 Å². The second kappa shape index (κ2) is 4.36. The van der Waals surface area contributed by atoms with Gasteiger partial charge < -0.3 is 15.0 Å². The fraction of sp³-hybridized carbons (Fsp3) is 0.583. The average Bonchev–Trinajstić information content (AvgIpc) is 2.47. The summed E-state index contributed by atoms with van der Waals surface area (Å²) < 4.78 is 11.9. The molecule has 1 aromatic rings. The Morgan fingerprint density at radius 2 is 1.74 bits per heavy atom. The molecule has 0 spiro atoms. The van der Waals surface area contributed by atoms with Crippen LogP contribution >= 0.6 is 0 Å². The Morgan fingerprint density at radius 3 is 2.16 bits per heavy atom. The monoisotopic (exact) mass is 264 g/mol. The van der Waals surface area contributed by atoms with Crippen molar-refractivity contribution in [1.82, 2.24) is 4.98 Å². The molecule has 0 unspecified atom stereocenters. The van der Waals surface area contributed by atoms with Crippen molar-refractivity contribution in [2.75, 3.05) is 17.8 Å². The Kier molecular flexibility index (Phi) is 3.24. The smallest absolute Gasteiger partial charge is 0.399 e. The van der Waals surface area contributed by atoms with E-state index in [-0.39, 0.29) is 11.2 Å². The first-order valence-corrected chi connectivity index (χ1v) is 6.23. The van der Waals surface area contributed by atoms with Crippen molar-refractivity contribution >= 4 is 24.1 Å². The Labute approximate surface area is 114 Å². The van der Waals surface area contributed by atoms with Gasteiger partial charge in [-0.1, -0.05) is 0 Å². The van der Waals surface area contributed by atoms with Crippen molar-refractivity contribution in [3.63, 3.8) is 0 Å². The van der Waals surface area contributed by atoms with Crippen LogP contribution in [0.1, 0.15) is 27.7 Å². The maximum Gasteiger partial charge on any atom is 0.496 e. The van der Waals surface area contributed by atoms with Crippen LogP contribution < -0.4 is 22.0 Å². The van der Waals surface area contributed by atoms with E-state index in [1.165, 1.54) is 5.01 Å². The fourth-order valence-electron chi connectivity index (χ4n) is 1.89. The Hall–Kier alpha value is -1.31. The molecule has 2 rings (SSSR count). The van der Waals surface area contributed by atoms with E-state index >= 15 is 0 Å². The van der Waals surface area contributed by atoms with Gasteiger partial charge in [0.2, 0.25) is 0 Å². The van der Waals surface area contributed by atoms with Crippen molar-refractivity contribution < 1.29 is 9.31 Å². The number of pyridine rings is 1. The molecule has 7 heteroatoms. The third kappa shape index (κ3) is 2.41. The molecule has 1 fully saturated rings.